The largest absolute Gasteiger partial charge is 0.386 e. The summed E-state index contributed by atoms with van der Waals surface area (Å²) in [4.78, 5) is 13.5. The summed E-state index contributed by atoms with van der Waals surface area (Å²) in [5, 5.41) is 7.03. The van der Waals surface area contributed by atoms with Gasteiger partial charge in [0.05, 0.1) is 29.1 Å². The van der Waals surface area contributed by atoms with Crippen molar-refractivity contribution in [2.24, 2.45) is 26.7 Å². The van der Waals surface area contributed by atoms with Gasteiger partial charge < -0.3 is 10.1 Å². The van der Waals surface area contributed by atoms with Crippen LogP contribution in [0.15, 0.2) is 63.9 Å². The molecule has 30 heavy (non-hydrogen) atoms. The second-order valence-electron chi connectivity index (χ2n) is 7.87. The molecular formula is C23H25N7. The Kier molecular flexibility index (Phi) is 4.38. The molecule has 2 N–H and O–H groups in total. The van der Waals surface area contributed by atoms with E-state index in [1.165, 1.54) is 5.56 Å². The Bertz CT molecular complexity index is 1190. The molecule has 3 aromatic heterocycles. The van der Waals surface area contributed by atoms with Crippen molar-refractivity contribution in [1.29, 1.82) is 0 Å². The molecule has 3 aromatic rings. The van der Waals surface area contributed by atoms with E-state index in [4.69, 9.17) is 10.8 Å². The van der Waals surface area contributed by atoms with E-state index >= 15 is 0 Å². The molecule has 7 nitrogen and oxygen atoms in total. The first kappa shape index (κ1) is 18.5. The fraction of sp³-hybridized carbons (Fsp3) is 0.304. The van der Waals surface area contributed by atoms with Crippen LogP contribution in [-0.4, -0.2) is 38.4 Å². The highest BCUT2D eigenvalue weighted by Gasteiger charge is 2.42. The van der Waals surface area contributed by atoms with Crippen molar-refractivity contribution >= 4 is 23.4 Å². The minimum Gasteiger partial charge on any atom is -0.386 e. The third-order valence-electron chi connectivity index (χ3n) is 5.99. The van der Waals surface area contributed by atoms with Gasteiger partial charge in [-0.25, -0.2) is 9.98 Å². The molecule has 2 aliphatic heterocycles. The molecule has 0 fully saturated rings. The average molecular weight is 400 g/mol. The van der Waals surface area contributed by atoms with E-state index in [0.29, 0.717) is 5.84 Å². The average Bonchev–Trinajstić information content (AvgIpc) is 3.33. The number of hydrogen-bond donors (Lipinski definition) is 1. The molecular weight excluding hydrogens is 374 g/mol. The number of hydrogen-bond acceptors (Lipinski definition) is 6. The molecule has 152 valence electrons. The Morgan fingerprint density at radius 3 is 2.83 bits per heavy atom. The Labute approximate surface area is 175 Å². The van der Waals surface area contributed by atoms with Crippen LogP contribution in [0.5, 0.6) is 0 Å². The number of nitrogens with zero attached hydrogens (tertiary/aromatic N) is 6. The van der Waals surface area contributed by atoms with E-state index in [1.54, 1.807) is 6.34 Å². The van der Waals surface area contributed by atoms with Crippen LogP contribution >= 0.6 is 0 Å². The zero-order valence-electron chi connectivity index (χ0n) is 17.4. The molecule has 7 heteroatoms. The Morgan fingerprint density at radius 2 is 2.07 bits per heavy atom. The molecule has 3 unspecified atom stereocenters. The van der Waals surface area contributed by atoms with Gasteiger partial charge in [0.1, 0.15) is 12.2 Å². The van der Waals surface area contributed by atoms with Gasteiger partial charge in [-0.05, 0) is 56.2 Å². The minimum absolute atomic E-state index is 0.0122. The summed E-state index contributed by atoms with van der Waals surface area (Å²) >= 11 is 0. The summed E-state index contributed by atoms with van der Waals surface area (Å²) in [5.74, 6) is 0.535. The molecule has 0 saturated carbocycles. The van der Waals surface area contributed by atoms with Crippen molar-refractivity contribution in [2.45, 2.75) is 39.4 Å². The number of rotatable bonds is 4. The maximum absolute atomic E-state index is 6.22. The minimum atomic E-state index is -0.159. The van der Waals surface area contributed by atoms with Crippen molar-refractivity contribution in [3.63, 3.8) is 0 Å². The number of pyridine rings is 2. The van der Waals surface area contributed by atoms with Gasteiger partial charge in [-0.15, -0.1) is 0 Å². The highest BCUT2D eigenvalue weighted by Crippen LogP contribution is 2.39. The molecule has 5 heterocycles. The van der Waals surface area contributed by atoms with Crippen molar-refractivity contribution in [2.75, 3.05) is 0 Å². The monoisotopic (exact) mass is 399 g/mol. The lowest BCUT2D eigenvalue weighted by Crippen LogP contribution is -2.42. The molecule has 0 amide bonds. The van der Waals surface area contributed by atoms with Crippen LogP contribution in [0, 0.1) is 12.8 Å². The predicted molar refractivity (Wildman–Crippen MR) is 121 cm³/mol. The number of hydrazone groups is 1. The van der Waals surface area contributed by atoms with Crippen molar-refractivity contribution < 1.29 is 0 Å². The maximum Gasteiger partial charge on any atom is 0.154 e. The van der Waals surface area contributed by atoms with Gasteiger partial charge in [-0.3, -0.25) is 9.99 Å². The normalized spacial score (nSPS) is 21.5. The predicted octanol–water partition coefficient (Wildman–Crippen LogP) is 3.79. The summed E-state index contributed by atoms with van der Waals surface area (Å²) in [6.45, 7) is 6.38. The molecule has 0 saturated heterocycles. The Morgan fingerprint density at radius 1 is 1.20 bits per heavy atom. The van der Waals surface area contributed by atoms with Gasteiger partial charge in [0.15, 0.2) is 6.17 Å². The summed E-state index contributed by atoms with van der Waals surface area (Å²) in [7, 11) is 0. The number of aliphatic imine (C=N–C) groups is 2. The van der Waals surface area contributed by atoms with Gasteiger partial charge >= 0.3 is 0 Å². The highest BCUT2D eigenvalue weighted by molar-refractivity contribution is 6.10. The van der Waals surface area contributed by atoms with Gasteiger partial charge in [-0.2, -0.15) is 5.10 Å². The standard InChI is InChI=1S/C23H25N7/c1-4-18-20-22(24)26-13-27-23(20)30(28-18)15(3)17-12-16-11-14(2)8-10-29(16)21(17)19-7-5-6-9-25-19/h5-13,15,20,23H,4H2,1-3H3,(H2,24,26,27). The van der Waals surface area contributed by atoms with Gasteiger partial charge in [0.25, 0.3) is 0 Å². The van der Waals surface area contributed by atoms with Crippen molar-refractivity contribution in [1.82, 2.24) is 14.4 Å². The quantitative estimate of drug-likeness (QED) is 0.724. The Hall–Kier alpha value is -3.48. The summed E-state index contributed by atoms with van der Waals surface area (Å²) in [6.07, 6.45) is 6.17. The number of amidine groups is 1. The zero-order valence-corrected chi connectivity index (χ0v) is 17.4. The number of nitrogens with two attached hydrogens (primary N) is 1. The van der Waals surface area contributed by atoms with Crippen LogP contribution < -0.4 is 5.73 Å². The number of aromatic nitrogens is 2. The lowest BCUT2D eigenvalue weighted by atomic mass is 9.96. The van der Waals surface area contributed by atoms with Crippen LogP contribution in [0.1, 0.15) is 37.4 Å². The van der Waals surface area contributed by atoms with Crippen LogP contribution in [-0.2, 0) is 0 Å². The van der Waals surface area contributed by atoms with Crippen LogP contribution in [0.3, 0.4) is 0 Å². The second kappa shape index (κ2) is 7.09. The maximum atomic E-state index is 6.22. The molecule has 5 rings (SSSR count). The van der Waals surface area contributed by atoms with Gasteiger partial charge in [0.2, 0.25) is 0 Å². The highest BCUT2D eigenvalue weighted by atomic mass is 15.6. The fourth-order valence-electron chi connectivity index (χ4n) is 4.47. The van der Waals surface area contributed by atoms with E-state index in [2.05, 4.69) is 75.6 Å². The zero-order chi connectivity index (χ0) is 20.8. The topological polar surface area (TPSA) is 83.6 Å². The third kappa shape index (κ3) is 2.81. The molecule has 0 radical (unpaired) electrons. The van der Waals surface area contributed by atoms with Gasteiger partial charge in [0, 0.05) is 23.5 Å². The Balaban J connectivity index is 1.65. The first-order chi connectivity index (χ1) is 14.6. The molecule has 0 aromatic carbocycles. The fourth-order valence-corrected chi connectivity index (χ4v) is 4.47. The summed E-state index contributed by atoms with van der Waals surface area (Å²) in [6, 6.07) is 12.5. The number of fused-ring (bicyclic) bond motifs is 2. The summed E-state index contributed by atoms with van der Waals surface area (Å²) in [5.41, 5.74) is 12.8. The van der Waals surface area contributed by atoms with E-state index in [0.717, 1.165) is 34.6 Å². The molecule has 2 aliphatic rings. The van der Waals surface area contributed by atoms with E-state index in [1.807, 2.05) is 18.3 Å². The molecule has 0 aliphatic carbocycles. The van der Waals surface area contributed by atoms with Crippen LogP contribution in [0.4, 0.5) is 0 Å². The second-order valence-corrected chi connectivity index (χ2v) is 7.87. The summed E-state index contributed by atoms with van der Waals surface area (Å²) < 4.78 is 2.21. The van der Waals surface area contributed by atoms with E-state index < -0.39 is 0 Å². The smallest absolute Gasteiger partial charge is 0.154 e. The molecule has 0 bridgehead atoms. The number of aryl methyl sites for hydroxylation is 1. The first-order valence-corrected chi connectivity index (χ1v) is 10.3. The van der Waals surface area contributed by atoms with Crippen LogP contribution in [0.25, 0.3) is 16.9 Å². The first-order valence-electron chi connectivity index (χ1n) is 10.3. The van der Waals surface area contributed by atoms with Crippen molar-refractivity contribution in [3.8, 4) is 11.4 Å². The molecule has 3 atom stereocenters. The third-order valence-corrected chi connectivity index (χ3v) is 5.99. The van der Waals surface area contributed by atoms with Gasteiger partial charge in [-0.1, -0.05) is 13.0 Å². The molecule has 0 spiro atoms. The van der Waals surface area contributed by atoms with Crippen LogP contribution in [0.2, 0.25) is 0 Å². The lowest BCUT2D eigenvalue weighted by Gasteiger charge is -2.31. The lowest BCUT2D eigenvalue weighted by molar-refractivity contribution is 0.166. The van der Waals surface area contributed by atoms with E-state index in [-0.39, 0.29) is 18.1 Å². The van der Waals surface area contributed by atoms with E-state index in [9.17, 15) is 0 Å². The SMILES string of the molecule is CCC1=NN(C(C)c2cc3cc(C)ccn3c2-c2ccccn2)C2N=CN=C(N)C12. The van der Waals surface area contributed by atoms with Crippen molar-refractivity contribution in [3.05, 3.63) is 59.9 Å².